The highest BCUT2D eigenvalue weighted by molar-refractivity contribution is 7.11. The fraction of sp³-hybridized carbons (Fsp3) is 0.812. The van der Waals surface area contributed by atoms with Crippen LogP contribution in [0.25, 0.3) is 0 Å². The maximum Gasteiger partial charge on any atom is 0.0947 e. The second kappa shape index (κ2) is 6.54. The first-order valence-electron chi connectivity index (χ1n) is 7.97. The molecule has 0 saturated carbocycles. The van der Waals surface area contributed by atoms with E-state index >= 15 is 0 Å². The van der Waals surface area contributed by atoms with E-state index < -0.39 is 0 Å². The molecule has 4 heteroatoms. The molecular weight excluding hydrogens is 266 g/mol. The van der Waals surface area contributed by atoms with Crippen LogP contribution >= 0.6 is 11.3 Å². The first-order chi connectivity index (χ1) is 9.53. The van der Waals surface area contributed by atoms with Crippen LogP contribution in [-0.4, -0.2) is 34.6 Å². The van der Waals surface area contributed by atoms with Crippen LogP contribution in [0.15, 0.2) is 0 Å². The van der Waals surface area contributed by atoms with Gasteiger partial charge in [-0.2, -0.15) is 0 Å². The predicted molar refractivity (Wildman–Crippen MR) is 87.4 cm³/mol. The highest BCUT2D eigenvalue weighted by atomic mass is 32.1. The number of aromatic nitrogens is 1. The summed E-state index contributed by atoms with van der Waals surface area (Å²) in [4.78, 5) is 8.65. The van der Waals surface area contributed by atoms with E-state index in [2.05, 4.69) is 37.6 Å². The largest absolute Gasteiger partial charge is 0.326 e. The van der Waals surface area contributed by atoms with E-state index in [1.165, 1.54) is 35.8 Å². The van der Waals surface area contributed by atoms with Gasteiger partial charge in [-0.05, 0) is 52.6 Å². The monoisotopic (exact) mass is 295 g/mol. The topological polar surface area (TPSA) is 42.1 Å². The summed E-state index contributed by atoms with van der Waals surface area (Å²) in [5, 5.41) is 1.21. The van der Waals surface area contributed by atoms with Crippen molar-refractivity contribution in [3.8, 4) is 0 Å². The zero-order chi connectivity index (χ0) is 14.8. The number of hydrogen-bond acceptors (Lipinski definition) is 4. The van der Waals surface area contributed by atoms with E-state index in [1.807, 2.05) is 11.3 Å². The smallest absolute Gasteiger partial charge is 0.0947 e. The Bertz CT molecular complexity index is 411. The van der Waals surface area contributed by atoms with Gasteiger partial charge in [0.1, 0.15) is 0 Å². The zero-order valence-corrected chi connectivity index (χ0v) is 14.2. The van der Waals surface area contributed by atoms with E-state index in [0.29, 0.717) is 0 Å². The van der Waals surface area contributed by atoms with Crippen molar-refractivity contribution in [2.75, 3.05) is 13.1 Å². The number of hydrogen-bond donors (Lipinski definition) is 1. The van der Waals surface area contributed by atoms with Crippen molar-refractivity contribution in [1.82, 2.24) is 9.88 Å². The maximum atomic E-state index is 6.67. The van der Waals surface area contributed by atoms with Crippen molar-refractivity contribution in [1.29, 1.82) is 0 Å². The Balaban J connectivity index is 2.15. The van der Waals surface area contributed by atoms with Crippen LogP contribution in [0.5, 0.6) is 0 Å². The molecule has 0 spiro atoms. The number of nitrogens with two attached hydrogens (primary N) is 1. The lowest BCUT2D eigenvalue weighted by Gasteiger charge is -2.45. The number of thiazole rings is 1. The summed E-state index contributed by atoms with van der Waals surface area (Å²) in [7, 11) is 0. The molecule has 1 saturated heterocycles. The van der Waals surface area contributed by atoms with Crippen LogP contribution in [0.2, 0.25) is 0 Å². The maximum absolute atomic E-state index is 6.67. The van der Waals surface area contributed by atoms with Crippen LogP contribution in [0.4, 0.5) is 0 Å². The molecule has 0 radical (unpaired) electrons. The van der Waals surface area contributed by atoms with Crippen molar-refractivity contribution < 1.29 is 0 Å². The van der Waals surface area contributed by atoms with Crippen LogP contribution in [0.3, 0.4) is 0 Å². The summed E-state index contributed by atoms with van der Waals surface area (Å²) in [6.45, 7) is 11.3. The van der Waals surface area contributed by atoms with Crippen molar-refractivity contribution in [2.45, 2.75) is 71.4 Å². The first kappa shape index (κ1) is 15.9. The number of aryl methyl sites for hydroxylation is 2. The minimum Gasteiger partial charge on any atom is -0.326 e. The molecule has 0 aliphatic carbocycles. The Morgan fingerprint density at radius 1 is 1.25 bits per heavy atom. The third-order valence-electron chi connectivity index (χ3n) is 5.12. The van der Waals surface area contributed by atoms with Gasteiger partial charge in [0.2, 0.25) is 0 Å². The molecule has 114 valence electrons. The number of nitrogens with zero attached hydrogens (tertiary/aromatic N) is 2. The lowest BCUT2D eigenvalue weighted by Crippen LogP contribution is -2.59. The van der Waals surface area contributed by atoms with Crippen LogP contribution in [-0.2, 0) is 6.42 Å². The lowest BCUT2D eigenvalue weighted by atomic mass is 9.81. The van der Waals surface area contributed by atoms with E-state index in [0.717, 1.165) is 25.0 Å². The van der Waals surface area contributed by atoms with Gasteiger partial charge >= 0.3 is 0 Å². The third kappa shape index (κ3) is 2.92. The first-order valence-corrected chi connectivity index (χ1v) is 8.78. The van der Waals surface area contributed by atoms with E-state index in [9.17, 15) is 0 Å². The van der Waals surface area contributed by atoms with Gasteiger partial charge in [-0.25, -0.2) is 4.98 Å². The average molecular weight is 295 g/mol. The molecule has 1 aliphatic heterocycles. The second-order valence-corrected chi connectivity index (χ2v) is 7.35. The Morgan fingerprint density at radius 2 is 1.85 bits per heavy atom. The van der Waals surface area contributed by atoms with Crippen LogP contribution in [0, 0.1) is 13.8 Å². The average Bonchev–Trinajstić information content (AvgIpc) is 3.04. The normalized spacial score (nSPS) is 18.6. The highest BCUT2D eigenvalue weighted by Gasteiger charge is 2.40. The summed E-state index contributed by atoms with van der Waals surface area (Å²) < 4.78 is 0. The molecule has 1 aromatic heterocycles. The summed E-state index contributed by atoms with van der Waals surface area (Å²) in [5.41, 5.74) is 7.99. The molecule has 2 heterocycles. The summed E-state index contributed by atoms with van der Waals surface area (Å²) in [6, 6.07) is 0.181. The van der Waals surface area contributed by atoms with Crippen LogP contribution < -0.4 is 5.73 Å². The Labute approximate surface area is 127 Å². The Morgan fingerprint density at radius 3 is 2.30 bits per heavy atom. The molecule has 1 aromatic rings. The Kier molecular flexibility index (Phi) is 5.21. The quantitative estimate of drug-likeness (QED) is 0.875. The van der Waals surface area contributed by atoms with Gasteiger partial charge in [0.25, 0.3) is 0 Å². The third-order valence-corrected chi connectivity index (χ3v) is 6.21. The molecule has 2 rings (SSSR count). The summed E-state index contributed by atoms with van der Waals surface area (Å²) >= 11 is 1.81. The highest BCUT2D eigenvalue weighted by Crippen LogP contribution is 2.32. The predicted octanol–water partition coefficient (Wildman–Crippen LogP) is 3.28. The second-order valence-electron chi connectivity index (χ2n) is 6.06. The Hall–Kier alpha value is -0.450. The lowest BCUT2D eigenvalue weighted by molar-refractivity contribution is 0.0768. The van der Waals surface area contributed by atoms with Gasteiger partial charge in [-0.3, -0.25) is 4.90 Å². The molecule has 3 nitrogen and oxygen atoms in total. The van der Waals surface area contributed by atoms with Crippen LogP contribution in [0.1, 0.15) is 55.1 Å². The molecule has 1 fully saturated rings. The fourth-order valence-electron chi connectivity index (χ4n) is 3.62. The fourth-order valence-corrected chi connectivity index (χ4v) is 4.62. The van der Waals surface area contributed by atoms with E-state index in [1.54, 1.807) is 0 Å². The molecule has 0 aromatic carbocycles. The SMILES string of the molecule is CCC(CC)(C(N)Cc1nc(C)c(C)s1)N1CCCC1. The molecule has 2 N–H and O–H groups in total. The van der Waals surface area contributed by atoms with Gasteiger partial charge in [-0.1, -0.05) is 13.8 Å². The molecular formula is C16H29N3S. The molecule has 1 aliphatic rings. The number of likely N-dealkylation sites (tertiary alicyclic amines) is 1. The molecule has 1 atom stereocenters. The van der Waals surface area contributed by atoms with Crippen molar-refractivity contribution in [2.24, 2.45) is 5.73 Å². The van der Waals surface area contributed by atoms with E-state index in [4.69, 9.17) is 5.73 Å². The molecule has 1 unspecified atom stereocenters. The zero-order valence-electron chi connectivity index (χ0n) is 13.4. The van der Waals surface area contributed by atoms with Gasteiger partial charge in [0.05, 0.1) is 10.7 Å². The van der Waals surface area contributed by atoms with Gasteiger partial charge in [-0.15, -0.1) is 11.3 Å². The summed E-state index contributed by atoms with van der Waals surface area (Å²) in [6.07, 6.45) is 5.83. The molecule has 0 amide bonds. The van der Waals surface area contributed by atoms with Gasteiger partial charge in [0.15, 0.2) is 0 Å². The van der Waals surface area contributed by atoms with Crippen molar-refractivity contribution in [3.05, 3.63) is 15.6 Å². The minimum absolute atomic E-state index is 0.157. The summed E-state index contributed by atoms with van der Waals surface area (Å²) in [5.74, 6) is 0. The standard InChI is InChI=1S/C16H29N3S/c1-5-16(6-2,19-9-7-8-10-19)14(17)11-15-18-12(3)13(4)20-15/h14H,5-11,17H2,1-4H3. The van der Waals surface area contributed by atoms with Crippen molar-refractivity contribution >= 4 is 11.3 Å². The molecule has 0 bridgehead atoms. The van der Waals surface area contributed by atoms with E-state index in [-0.39, 0.29) is 11.6 Å². The minimum atomic E-state index is 0.157. The van der Waals surface area contributed by atoms with Crippen molar-refractivity contribution in [3.63, 3.8) is 0 Å². The van der Waals surface area contributed by atoms with Gasteiger partial charge in [0, 0.05) is 22.9 Å². The van der Waals surface area contributed by atoms with Gasteiger partial charge < -0.3 is 5.73 Å². The number of rotatable bonds is 6. The molecule has 20 heavy (non-hydrogen) atoms.